The molecule has 0 radical (unpaired) electrons. The Morgan fingerprint density at radius 1 is 1.11 bits per heavy atom. The fourth-order valence-corrected chi connectivity index (χ4v) is 2.89. The molecule has 114 valence electrons. The summed E-state index contributed by atoms with van der Waals surface area (Å²) < 4.78 is 5.27. The predicted octanol–water partition coefficient (Wildman–Crippen LogP) is 2.62. The molecule has 0 bridgehead atoms. The largest absolute Gasteiger partial charge is 0.384 e. The second-order valence-electron chi connectivity index (χ2n) is 6.70. The zero-order chi connectivity index (χ0) is 14.3. The van der Waals surface area contributed by atoms with Crippen molar-refractivity contribution < 1.29 is 4.74 Å². The fraction of sp³-hybridized carbons (Fsp3) is 1.00. The Balaban J connectivity index is 2.23. The van der Waals surface area contributed by atoms with E-state index in [9.17, 15) is 0 Å². The van der Waals surface area contributed by atoms with Gasteiger partial charge in [-0.1, -0.05) is 20.8 Å². The number of nitrogens with one attached hydrogen (secondary N) is 1. The van der Waals surface area contributed by atoms with Gasteiger partial charge < -0.3 is 15.0 Å². The van der Waals surface area contributed by atoms with Gasteiger partial charge >= 0.3 is 0 Å². The third-order valence-corrected chi connectivity index (χ3v) is 4.47. The van der Waals surface area contributed by atoms with Crippen LogP contribution in [0.15, 0.2) is 0 Å². The summed E-state index contributed by atoms with van der Waals surface area (Å²) >= 11 is 0. The van der Waals surface area contributed by atoms with Crippen LogP contribution in [0.2, 0.25) is 0 Å². The van der Waals surface area contributed by atoms with Crippen molar-refractivity contribution in [2.45, 2.75) is 46.6 Å². The van der Waals surface area contributed by atoms with Crippen molar-refractivity contribution in [1.29, 1.82) is 0 Å². The van der Waals surface area contributed by atoms with E-state index in [-0.39, 0.29) is 0 Å². The molecule has 0 amide bonds. The molecule has 1 heterocycles. The quantitative estimate of drug-likeness (QED) is 0.734. The Morgan fingerprint density at radius 2 is 1.74 bits per heavy atom. The standard InChI is InChI=1S/C16H34N2O/c1-13(2)10-17-11-14(3)15(4)18-8-6-16(7-9-18)12-19-5/h13-17H,6-12H2,1-5H3. The highest BCUT2D eigenvalue weighted by Crippen LogP contribution is 2.21. The second kappa shape index (κ2) is 8.93. The first-order valence-corrected chi connectivity index (χ1v) is 7.98. The van der Waals surface area contributed by atoms with Crippen molar-refractivity contribution in [3.63, 3.8) is 0 Å². The Hall–Kier alpha value is -0.120. The molecule has 1 rings (SSSR count). The molecule has 0 aromatic heterocycles. The van der Waals surface area contributed by atoms with E-state index in [4.69, 9.17) is 4.74 Å². The molecular weight excluding hydrogens is 236 g/mol. The first-order valence-electron chi connectivity index (χ1n) is 7.98. The zero-order valence-corrected chi connectivity index (χ0v) is 13.6. The number of piperidine rings is 1. The maximum absolute atomic E-state index is 5.27. The van der Waals surface area contributed by atoms with Crippen LogP contribution in [-0.2, 0) is 4.74 Å². The Morgan fingerprint density at radius 3 is 2.26 bits per heavy atom. The molecule has 0 saturated carbocycles. The van der Waals surface area contributed by atoms with E-state index < -0.39 is 0 Å². The van der Waals surface area contributed by atoms with Crippen molar-refractivity contribution in [1.82, 2.24) is 10.2 Å². The molecule has 0 aromatic rings. The highest BCUT2D eigenvalue weighted by Gasteiger charge is 2.25. The normalized spacial score (nSPS) is 21.8. The van der Waals surface area contributed by atoms with Crippen LogP contribution < -0.4 is 5.32 Å². The van der Waals surface area contributed by atoms with E-state index in [1.165, 1.54) is 25.9 Å². The summed E-state index contributed by atoms with van der Waals surface area (Å²) in [6, 6.07) is 0.683. The van der Waals surface area contributed by atoms with Crippen LogP contribution in [0, 0.1) is 17.8 Å². The number of nitrogens with zero attached hydrogens (tertiary/aromatic N) is 1. The summed E-state index contributed by atoms with van der Waals surface area (Å²) in [7, 11) is 1.82. The van der Waals surface area contributed by atoms with Gasteiger partial charge in [-0.2, -0.15) is 0 Å². The maximum atomic E-state index is 5.27. The lowest BCUT2D eigenvalue weighted by molar-refractivity contribution is 0.0694. The summed E-state index contributed by atoms with van der Waals surface area (Å²) in [5.74, 6) is 2.24. The van der Waals surface area contributed by atoms with Crippen molar-refractivity contribution >= 4 is 0 Å². The lowest BCUT2D eigenvalue weighted by atomic mass is 9.93. The van der Waals surface area contributed by atoms with E-state index in [0.29, 0.717) is 6.04 Å². The first kappa shape index (κ1) is 16.9. The van der Waals surface area contributed by atoms with Crippen LogP contribution in [0.25, 0.3) is 0 Å². The minimum Gasteiger partial charge on any atom is -0.384 e. The van der Waals surface area contributed by atoms with Gasteiger partial charge in [-0.05, 0) is 63.7 Å². The average Bonchev–Trinajstić information content (AvgIpc) is 2.38. The van der Waals surface area contributed by atoms with Crippen molar-refractivity contribution in [2.75, 3.05) is 39.9 Å². The zero-order valence-electron chi connectivity index (χ0n) is 13.6. The van der Waals surface area contributed by atoms with Crippen molar-refractivity contribution in [2.24, 2.45) is 17.8 Å². The van der Waals surface area contributed by atoms with Crippen molar-refractivity contribution in [3.8, 4) is 0 Å². The van der Waals surface area contributed by atoms with Gasteiger partial charge in [0.25, 0.3) is 0 Å². The monoisotopic (exact) mass is 270 g/mol. The lowest BCUT2D eigenvalue weighted by Gasteiger charge is -2.38. The molecule has 1 fully saturated rings. The molecule has 0 spiro atoms. The van der Waals surface area contributed by atoms with Gasteiger partial charge in [0.05, 0.1) is 0 Å². The second-order valence-corrected chi connectivity index (χ2v) is 6.70. The van der Waals surface area contributed by atoms with Gasteiger partial charge in [0.1, 0.15) is 0 Å². The van der Waals surface area contributed by atoms with Crippen LogP contribution in [0.5, 0.6) is 0 Å². The summed E-state index contributed by atoms with van der Waals surface area (Å²) in [6.07, 6.45) is 2.59. The van der Waals surface area contributed by atoms with Crippen LogP contribution in [0.4, 0.5) is 0 Å². The third kappa shape index (κ3) is 6.24. The van der Waals surface area contributed by atoms with Gasteiger partial charge in [0.2, 0.25) is 0 Å². The Labute approximate surface area is 120 Å². The van der Waals surface area contributed by atoms with Gasteiger partial charge in [-0.25, -0.2) is 0 Å². The van der Waals surface area contributed by atoms with Crippen LogP contribution in [0.3, 0.4) is 0 Å². The van der Waals surface area contributed by atoms with Crippen LogP contribution >= 0.6 is 0 Å². The SMILES string of the molecule is COCC1CCN(C(C)C(C)CNCC(C)C)CC1. The van der Waals surface area contributed by atoms with Gasteiger partial charge in [0.15, 0.2) is 0 Å². The van der Waals surface area contributed by atoms with E-state index in [0.717, 1.165) is 37.5 Å². The minimum absolute atomic E-state index is 0.683. The molecule has 0 aromatic carbocycles. The summed E-state index contributed by atoms with van der Waals surface area (Å²) in [5.41, 5.74) is 0. The molecule has 0 aliphatic carbocycles. The number of hydrogen-bond acceptors (Lipinski definition) is 3. The summed E-state index contributed by atoms with van der Waals surface area (Å²) in [4.78, 5) is 2.66. The molecule has 2 atom stereocenters. The smallest absolute Gasteiger partial charge is 0.0491 e. The maximum Gasteiger partial charge on any atom is 0.0491 e. The van der Waals surface area contributed by atoms with Gasteiger partial charge in [-0.15, -0.1) is 0 Å². The Kier molecular flexibility index (Phi) is 7.96. The molecule has 1 N–H and O–H groups in total. The predicted molar refractivity (Wildman–Crippen MR) is 82.5 cm³/mol. The number of likely N-dealkylation sites (tertiary alicyclic amines) is 1. The average molecular weight is 270 g/mol. The summed E-state index contributed by atoms with van der Waals surface area (Å²) in [5, 5.41) is 3.59. The molecule has 3 nitrogen and oxygen atoms in total. The topological polar surface area (TPSA) is 24.5 Å². The third-order valence-electron chi connectivity index (χ3n) is 4.47. The molecular formula is C16H34N2O. The molecule has 1 aliphatic heterocycles. The molecule has 3 heteroatoms. The number of hydrogen-bond donors (Lipinski definition) is 1. The molecule has 19 heavy (non-hydrogen) atoms. The van der Waals surface area contributed by atoms with E-state index in [2.05, 4.69) is 37.9 Å². The van der Waals surface area contributed by atoms with E-state index in [1.807, 2.05) is 7.11 Å². The summed E-state index contributed by atoms with van der Waals surface area (Å²) in [6.45, 7) is 15.0. The number of rotatable bonds is 8. The number of ether oxygens (including phenoxy) is 1. The molecule has 1 saturated heterocycles. The van der Waals surface area contributed by atoms with Crippen molar-refractivity contribution in [3.05, 3.63) is 0 Å². The fourth-order valence-electron chi connectivity index (χ4n) is 2.89. The van der Waals surface area contributed by atoms with Crippen LogP contribution in [0.1, 0.15) is 40.5 Å². The highest BCUT2D eigenvalue weighted by atomic mass is 16.5. The van der Waals surface area contributed by atoms with E-state index in [1.54, 1.807) is 0 Å². The molecule has 2 unspecified atom stereocenters. The molecule has 1 aliphatic rings. The number of methoxy groups -OCH3 is 1. The first-order chi connectivity index (χ1) is 9.04. The van der Waals surface area contributed by atoms with Gasteiger partial charge in [-0.3, -0.25) is 0 Å². The Bertz CT molecular complexity index is 225. The van der Waals surface area contributed by atoms with Crippen LogP contribution in [-0.4, -0.2) is 50.8 Å². The minimum atomic E-state index is 0.683. The van der Waals surface area contributed by atoms with Gasteiger partial charge in [0, 0.05) is 19.8 Å². The van der Waals surface area contributed by atoms with E-state index >= 15 is 0 Å². The lowest BCUT2D eigenvalue weighted by Crippen LogP contribution is -2.46. The highest BCUT2D eigenvalue weighted by molar-refractivity contribution is 4.80.